The summed E-state index contributed by atoms with van der Waals surface area (Å²) in [5.74, 6) is -1.07. The first kappa shape index (κ1) is 12.7. The lowest BCUT2D eigenvalue weighted by molar-refractivity contribution is -0.147. The Morgan fingerprint density at radius 1 is 1.35 bits per heavy atom. The van der Waals surface area contributed by atoms with Crippen molar-refractivity contribution < 1.29 is 19.1 Å². The van der Waals surface area contributed by atoms with E-state index in [0.717, 1.165) is 23.0 Å². The third kappa shape index (κ3) is 2.15. The molecule has 2 aromatic rings. The van der Waals surface area contributed by atoms with Crippen LogP contribution in [0.3, 0.4) is 0 Å². The molecule has 1 saturated heterocycles. The van der Waals surface area contributed by atoms with Crippen molar-refractivity contribution in [1.29, 1.82) is 0 Å². The molecule has 1 fully saturated rings. The van der Waals surface area contributed by atoms with E-state index >= 15 is 0 Å². The van der Waals surface area contributed by atoms with Gasteiger partial charge in [0.1, 0.15) is 11.6 Å². The van der Waals surface area contributed by atoms with Gasteiger partial charge in [0.25, 0.3) is 0 Å². The molecule has 0 bridgehead atoms. The third-order valence-corrected chi connectivity index (χ3v) is 3.76. The van der Waals surface area contributed by atoms with E-state index in [-0.39, 0.29) is 12.3 Å². The number of hydrogen-bond donors (Lipinski definition) is 1. The molecule has 1 aromatic carbocycles. The standard InChI is InChI=1S/C15H15NO4/c17-14(16-7-3-5-12(16)15(18)19)8-10-9-20-13-6-2-1-4-11(10)13/h1-2,4,6,9,12H,3,5,7-8H2,(H,18,19). The van der Waals surface area contributed by atoms with E-state index in [1.54, 1.807) is 6.26 Å². The number of aliphatic carboxylic acids is 1. The summed E-state index contributed by atoms with van der Waals surface area (Å²) in [6, 6.07) is 6.83. The Labute approximate surface area is 115 Å². The van der Waals surface area contributed by atoms with Crippen LogP contribution in [0.25, 0.3) is 11.0 Å². The molecule has 20 heavy (non-hydrogen) atoms. The molecule has 0 spiro atoms. The molecule has 1 aliphatic rings. The fourth-order valence-corrected chi connectivity index (χ4v) is 2.76. The van der Waals surface area contributed by atoms with E-state index in [4.69, 9.17) is 9.52 Å². The van der Waals surface area contributed by atoms with Crippen LogP contribution in [-0.2, 0) is 16.0 Å². The van der Waals surface area contributed by atoms with E-state index in [0.29, 0.717) is 13.0 Å². The van der Waals surface area contributed by atoms with Gasteiger partial charge >= 0.3 is 5.97 Å². The van der Waals surface area contributed by atoms with Gasteiger partial charge in [-0.2, -0.15) is 0 Å². The van der Waals surface area contributed by atoms with Crippen LogP contribution in [0.4, 0.5) is 0 Å². The molecule has 3 rings (SSSR count). The van der Waals surface area contributed by atoms with E-state index in [9.17, 15) is 9.59 Å². The largest absolute Gasteiger partial charge is 0.480 e. The van der Waals surface area contributed by atoms with E-state index in [1.165, 1.54) is 4.90 Å². The van der Waals surface area contributed by atoms with Gasteiger partial charge in [0.15, 0.2) is 0 Å². The Balaban J connectivity index is 1.80. The lowest BCUT2D eigenvalue weighted by Crippen LogP contribution is -2.41. The quantitative estimate of drug-likeness (QED) is 0.929. The van der Waals surface area contributed by atoms with Crippen LogP contribution in [0, 0.1) is 0 Å². The predicted octanol–water partition coefficient (Wildman–Crippen LogP) is 2.05. The van der Waals surface area contributed by atoms with Crippen LogP contribution in [0.2, 0.25) is 0 Å². The minimum atomic E-state index is -0.923. The molecule has 104 valence electrons. The lowest BCUT2D eigenvalue weighted by atomic mass is 10.1. The van der Waals surface area contributed by atoms with Gasteiger partial charge in [-0.15, -0.1) is 0 Å². The van der Waals surface area contributed by atoms with Crippen molar-refractivity contribution in [2.75, 3.05) is 6.54 Å². The number of fused-ring (bicyclic) bond motifs is 1. The maximum absolute atomic E-state index is 12.3. The minimum Gasteiger partial charge on any atom is -0.480 e. The molecule has 5 nitrogen and oxygen atoms in total. The summed E-state index contributed by atoms with van der Waals surface area (Å²) in [4.78, 5) is 24.9. The zero-order valence-electron chi connectivity index (χ0n) is 10.9. The van der Waals surface area contributed by atoms with Crippen molar-refractivity contribution in [1.82, 2.24) is 4.90 Å². The number of carbonyl (C=O) groups excluding carboxylic acids is 1. The van der Waals surface area contributed by atoms with Gasteiger partial charge < -0.3 is 14.4 Å². The molecule has 1 amide bonds. The number of furan rings is 1. The third-order valence-electron chi connectivity index (χ3n) is 3.76. The molecule has 0 aliphatic carbocycles. The molecular weight excluding hydrogens is 258 g/mol. The first-order valence-electron chi connectivity index (χ1n) is 6.64. The van der Waals surface area contributed by atoms with Crippen molar-refractivity contribution in [2.24, 2.45) is 0 Å². The Hall–Kier alpha value is -2.30. The van der Waals surface area contributed by atoms with Gasteiger partial charge in [0, 0.05) is 17.5 Å². The van der Waals surface area contributed by atoms with Crippen LogP contribution >= 0.6 is 0 Å². The van der Waals surface area contributed by atoms with Crippen LogP contribution < -0.4 is 0 Å². The minimum absolute atomic E-state index is 0.151. The molecule has 1 aliphatic heterocycles. The molecule has 5 heteroatoms. The molecule has 0 saturated carbocycles. The monoisotopic (exact) mass is 273 g/mol. The average Bonchev–Trinajstić information content (AvgIpc) is 3.06. The number of carboxylic acid groups (broad SMARTS) is 1. The first-order chi connectivity index (χ1) is 9.66. The number of nitrogens with zero attached hydrogens (tertiary/aromatic N) is 1. The highest BCUT2D eigenvalue weighted by Crippen LogP contribution is 2.24. The summed E-state index contributed by atoms with van der Waals surface area (Å²) in [5, 5.41) is 10.0. The van der Waals surface area contributed by atoms with E-state index < -0.39 is 12.0 Å². The van der Waals surface area contributed by atoms with Gasteiger partial charge in [0.2, 0.25) is 5.91 Å². The van der Waals surface area contributed by atoms with Crippen molar-refractivity contribution in [3.63, 3.8) is 0 Å². The Morgan fingerprint density at radius 2 is 2.15 bits per heavy atom. The second-order valence-corrected chi connectivity index (χ2v) is 5.02. The van der Waals surface area contributed by atoms with E-state index in [2.05, 4.69) is 0 Å². The summed E-state index contributed by atoms with van der Waals surface area (Å²) >= 11 is 0. The molecule has 0 radical (unpaired) electrons. The SMILES string of the molecule is O=C(O)C1CCCN1C(=O)Cc1coc2ccccc12. The molecule has 1 atom stereocenters. The van der Waals surface area contributed by atoms with Crippen LogP contribution in [-0.4, -0.2) is 34.5 Å². The number of amides is 1. The summed E-state index contributed by atoms with van der Waals surface area (Å²) in [6.07, 6.45) is 3.04. The van der Waals surface area contributed by atoms with Crippen molar-refractivity contribution in [2.45, 2.75) is 25.3 Å². The van der Waals surface area contributed by atoms with Crippen LogP contribution in [0.15, 0.2) is 34.9 Å². The normalized spacial score (nSPS) is 18.6. The first-order valence-corrected chi connectivity index (χ1v) is 6.64. The van der Waals surface area contributed by atoms with Crippen molar-refractivity contribution in [3.05, 3.63) is 36.1 Å². The van der Waals surface area contributed by atoms with Crippen molar-refractivity contribution in [3.8, 4) is 0 Å². The molecule has 1 aromatic heterocycles. The Bertz CT molecular complexity index is 661. The second-order valence-electron chi connectivity index (χ2n) is 5.02. The lowest BCUT2D eigenvalue weighted by Gasteiger charge is -2.21. The van der Waals surface area contributed by atoms with Gasteiger partial charge in [-0.25, -0.2) is 4.79 Å². The summed E-state index contributed by atoms with van der Waals surface area (Å²) in [7, 11) is 0. The molecule has 2 heterocycles. The molecular formula is C15H15NO4. The maximum atomic E-state index is 12.3. The molecule has 1 N–H and O–H groups in total. The van der Waals surface area contributed by atoms with Crippen LogP contribution in [0.1, 0.15) is 18.4 Å². The number of hydrogen-bond acceptors (Lipinski definition) is 3. The van der Waals surface area contributed by atoms with Gasteiger partial charge in [-0.05, 0) is 18.9 Å². The number of carboxylic acids is 1. The number of rotatable bonds is 3. The topological polar surface area (TPSA) is 70.8 Å². The Kier molecular flexibility index (Phi) is 3.18. The fourth-order valence-electron chi connectivity index (χ4n) is 2.76. The predicted molar refractivity (Wildman–Crippen MR) is 72.3 cm³/mol. The summed E-state index contributed by atoms with van der Waals surface area (Å²) in [5.41, 5.74) is 1.55. The van der Waals surface area contributed by atoms with Crippen molar-refractivity contribution >= 4 is 22.8 Å². The number of benzene rings is 1. The highest BCUT2D eigenvalue weighted by molar-refractivity contribution is 5.90. The average molecular weight is 273 g/mol. The van der Waals surface area contributed by atoms with E-state index in [1.807, 2.05) is 24.3 Å². The highest BCUT2D eigenvalue weighted by atomic mass is 16.4. The van der Waals surface area contributed by atoms with Crippen LogP contribution in [0.5, 0.6) is 0 Å². The smallest absolute Gasteiger partial charge is 0.326 e. The van der Waals surface area contributed by atoms with Gasteiger partial charge in [-0.1, -0.05) is 18.2 Å². The zero-order chi connectivity index (χ0) is 14.1. The number of likely N-dealkylation sites (tertiary alicyclic amines) is 1. The zero-order valence-corrected chi connectivity index (χ0v) is 10.9. The van der Waals surface area contributed by atoms with Gasteiger partial charge in [-0.3, -0.25) is 4.79 Å². The Morgan fingerprint density at radius 3 is 2.95 bits per heavy atom. The molecule has 1 unspecified atom stereocenters. The summed E-state index contributed by atoms with van der Waals surface area (Å²) in [6.45, 7) is 0.519. The highest BCUT2D eigenvalue weighted by Gasteiger charge is 2.33. The summed E-state index contributed by atoms with van der Waals surface area (Å²) < 4.78 is 5.40. The second kappa shape index (κ2) is 5.00. The number of carbonyl (C=O) groups is 2. The maximum Gasteiger partial charge on any atom is 0.326 e. The number of para-hydroxylation sites is 1. The fraction of sp³-hybridized carbons (Fsp3) is 0.333. The van der Waals surface area contributed by atoms with Gasteiger partial charge in [0.05, 0.1) is 12.7 Å².